The number of likely N-dealkylation sites (tertiary alicyclic amines) is 1. The molecule has 4 rings (SSSR count). The molecule has 2 fully saturated rings. The number of carbonyl (C=O) groups is 1. The summed E-state index contributed by atoms with van der Waals surface area (Å²) in [4.78, 5) is 18.4. The van der Waals surface area contributed by atoms with Crippen LogP contribution in [-0.2, 0) is 11.2 Å². The zero-order valence-corrected chi connectivity index (χ0v) is 14.6. The molecule has 1 N–H and O–H groups in total. The zero-order valence-electron chi connectivity index (χ0n) is 13.8. The first-order valence-corrected chi connectivity index (χ1v) is 8.99. The summed E-state index contributed by atoms with van der Waals surface area (Å²) in [6.07, 6.45) is 3.46. The number of aliphatic carboxylic acids is 1. The van der Waals surface area contributed by atoms with Crippen LogP contribution in [0.2, 0.25) is 5.02 Å². The minimum absolute atomic E-state index is 0.273. The van der Waals surface area contributed by atoms with E-state index in [9.17, 15) is 9.90 Å². The first kappa shape index (κ1) is 16.5. The van der Waals surface area contributed by atoms with E-state index in [1.165, 1.54) is 0 Å². The Balaban J connectivity index is 1.39. The topological polar surface area (TPSA) is 79.5 Å². The molecule has 1 aliphatic heterocycles. The molecule has 0 radical (unpaired) electrons. The average Bonchev–Trinajstić information content (AvgIpc) is 3.27. The zero-order chi connectivity index (χ0) is 17.4. The highest BCUT2D eigenvalue weighted by Gasteiger charge is 2.54. The number of hydrogen-bond acceptors (Lipinski definition) is 5. The first-order valence-electron chi connectivity index (χ1n) is 8.61. The van der Waals surface area contributed by atoms with E-state index in [2.05, 4.69) is 15.0 Å². The molecule has 25 heavy (non-hydrogen) atoms. The van der Waals surface area contributed by atoms with Crippen LogP contribution in [0.5, 0.6) is 0 Å². The predicted octanol–water partition coefficient (Wildman–Crippen LogP) is 3.12. The van der Waals surface area contributed by atoms with Gasteiger partial charge in [0.05, 0.1) is 5.41 Å². The van der Waals surface area contributed by atoms with E-state index in [4.69, 9.17) is 16.1 Å². The van der Waals surface area contributed by atoms with Crippen molar-refractivity contribution in [3.05, 3.63) is 35.2 Å². The molecule has 6 nitrogen and oxygen atoms in total. The summed E-state index contributed by atoms with van der Waals surface area (Å²) in [7, 11) is 0. The van der Waals surface area contributed by atoms with Gasteiger partial charge in [0, 0.05) is 36.6 Å². The SMILES string of the molecule is O=C(O)[C@@]12CCC[C@H]1CN(CCc1nc(-c3cccc(Cl)c3)no1)C2. The predicted molar refractivity (Wildman–Crippen MR) is 92.3 cm³/mol. The molecule has 0 unspecified atom stereocenters. The molecule has 2 aromatic rings. The van der Waals surface area contributed by atoms with Gasteiger partial charge in [0.2, 0.25) is 11.7 Å². The number of hydrogen-bond donors (Lipinski definition) is 1. The molecule has 0 bridgehead atoms. The Labute approximate surface area is 150 Å². The highest BCUT2D eigenvalue weighted by molar-refractivity contribution is 6.30. The third kappa shape index (κ3) is 3.04. The average molecular weight is 362 g/mol. The van der Waals surface area contributed by atoms with Crippen molar-refractivity contribution in [2.45, 2.75) is 25.7 Å². The number of benzene rings is 1. The Morgan fingerprint density at radius 1 is 1.48 bits per heavy atom. The number of aromatic nitrogens is 2. The smallest absolute Gasteiger partial charge is 0.311 e. The summed E-state index contributed by atoms with van der Waals surface area (Å²) < 4.78 is 5.34. The van der Waals surface area contributed by atoms with E-state index in [0.717, 1.165) is 37.9 Å². The van der Waals surface area contributed by atoms with Crippen LogP contribution in [0.3, 0.4) is 0 Å². The Hall–Kier alpha value is -1.92. The quantitative estimate of drug-likeness (QED) is 0.881. The van der Waals surface area contributed by atoms with Crippen LogP contribution in [0.25, 0.3) is 11.4 Å². The van der Waals surface area contributed by atoms with E-state index < -0.39 is 11.4 Å². The molecule has 1 saturated carbocycles. The van der Waals surface area contributed by atoms with Crippen molar-refractivity contribution in [3.63, 3.8) is 0 Å². The standard InChI is InChI=1S/C18H20ClN3O3/c19-14-5-1-3-12(9-14)16-20-15(25-21-16)6-8-22-10-13-4-2-7-18(13,11-22)17(23)24/h1,3,5,9,13H,2,4,6-8,10-11H2,(H,23,24)/t13-,18+/m0/s1. The second kappa shape index (κ2) is 6.42. The molecule has 2 aliphatic rings. The Morgan fingerprint density at radius 2 is 2.36 bits per heavy atom. The normalized spacial score (nSPS) is 26.0. The summed E-state index contributed by atoms with van der Waals surface area (Å²) in [5, 5.41) is 14.3. The van der Waals surface area contributed by atoms with Gasteiger partial charge in [0.1, 0.15) is 0 Å². The monoisotopic (exact) mass is 361 g/mol. The van der Waals surface area contributed by atoms with Gasteiger partial charge in [-0.2, -0.15) is 4.98 Å². The van der Waals surface area contributed by atoms with Gasteiger partial charge in [-0.3, -0.25) is 4.79 Å². The third-order valence-electron chi connectivity index (χ3n) is 5.56. The fourth-order valence-electron chi connectivity index (χ4n) is 4.27. The molecule has 1 saturated heterocycles. The van der Waals surface area contributed by atoms with E-state index in [0.29, 0.717) is 29.7 Å². The van der Waals surface area contributed by atoms with E-state index in [-0.39, 0.29) is 5.92 Å². The van der Waals surface area contributed by atoms with Gasteiger partial charge in [-0.05, 0) is 30.9 Å². The number of rotatable bonds is 5. The van der Waals surface area contributed by atoms with Crippen LogP contribution in [0.1, 0.15) is 25.2 Å². The molecule has 7 heteroatoms. The lowest BCUT2D eigenvalue weighted by Gasteiger charge is -2.23. The van der Waals surface area contributed by atoms with Crippen molar-refractivity contribution in [1.29, 1.82) is 0 Å². The van der Waals surface area contributed by atoms with Crippen LogP contribution in [-0.4, -0.2) is 45.8 Å². The van der Waals surface area contributed by atoms with Gasteiger partial charge < -0.3 is 14.5 Å². The second-order valence-electron chi connectivity index (χ2n) is 7.06. The molecular weight excluding hydrogens is 342 g/mol. The summed E-state index contributed by atoms with van der Waals surface area (Å²) in [5.74, 6) is 0.724. The Bertz CT molecular complexity index is 793. The maximum atomic E-state index is 11.7. The fraction of sp³-hybridized carbons (Fsp3) is 0.500. The van der Waals surface area contributed by atoms with E-state index in [1.54, 1.807) is 12.1 Å². The van der Waals surface area contributed by atoms with Gasteiger partial charge in [-0.15, -0.1) is 0 Å². The lowest BCUT2D eigenvalue weighted by molar-refractivity contribution is -0.149. The summed E-state index contributed by atoms with van der Waals surface area (Å²) >= 11 is 5.99. The fourth-order valence-corrected chi connectivity index (χ4v) is 4.46. The lowest BCUT2D eigenvalue weighted by atomic mass is 9.81. The van der Waals surface area contributed by atoms with Crippen LogP contribution >= 0.6 is 11.6 Å². The number of carboxylic acids is 1. The van der Waals surface area contributed by atoms with E-state index >= 15 is 0 Å². The molecule has 2 atom stereocenters. The largest absolute Gasteiger partial charge is 0.481 e. The highest BCUT2D eigenvalue weighted by Crippen LogP contribution is 2.48. The van der Waals surface area contributed by atoms with Crippen LogP contribution in [0.4, 0.5) is 0 Å². The summed E-state index contributed by atoms with van der Waals surface area (Å²) in [5.41, 5.74) is 0.281. The Morgan fingerprint density at radius 3 is 3.12 bits per heavy atom. The molecule has 2 heterocycles. The van der Waals surface area contributed by atoms with Gasteiger partial charge >= 0.3 is 5.97 Å². The van der Waals surface area contributed by atoms with Crippen molar-refractivity contribution < 1.29 is 14.4 Å². The van der Waals surface area contributed by atoms with Gasteiger partial charge in [0.15, 0.2) is 0 Å². The van der Waals surface area contributed by atoms with Crippen LogP contribution < -0.4 is 0 Å². The Kier molecular flexibility index (Phi) is 4.25. The maximum absolute atomic E-state index is 11.7. The van der Waals surface area contributed by atoms with E-state index in [1.807, 2.05) is 12.1 Å². The number of fused-ring (bicyclic) bond motifs is 1. The van der Waals surface area contributed by atoms with Crippen molar-refractivity contribution in [2.75, 3.05) is 19.6 Å². The molecule has 0 spiro atoms. The van der Waals surface area contributed by atoms with Crippen molar-refractivity contribution in [1.82, 2.24) is 15.0 Å². The van der Waals surface area contributed by atoms with Crippen molar-refractivity contribution >= 4 is 17.6 Å². The van der Waals surface area contributed by atoms with Crippen molar-refractivity contribution in [3.8, 4) is 11.4 Å². The number of carboxylic acid groups (broad SMARTS) is 1. The molecule has 132 valence electrons. The number of halogens is 1. The summed E-state index contributed by atoms with van der Waals surface area (Å²) in [6.45, 7) is 2.21. The maximum Gasteiger partial charge on any atom is 0.311 e. The van der Waals surface area contributed by atoms with Gasteiger partial charge in [0.25, 0.3) is 0 Å². The second-order valence-corrected chi connectivity index (χ2v) is 7.49. The van der Waals surface area contributed by atoms with Gasteiger partial charge in [-0.1, -0.05) is 35.3 Å². The number of nitrogens with zero attached hydrogens (tertiary/aromatic N) is 3. The molecule has 1 aromatic heterocycles. The molecule has 1 aliphatic carbocycles. The molecule has 0 amide bonds. The first-order chi connectivity index (χ1) is 12.1. The van der Waals surface area contributed by atoms with Crippen molar-refractivity contribution in [2.24, 2.45) is 11.3 Å². The van der Waals surface area contributed by atoms with Crippen LogP contribution in [0, 0.1) is 11.3 Å². The molecular formula is C18H20ClN3O3. The van der Waals surface area contributed by atoms with Gasteiger partial charge in [-0.25, -0.2) is 0 Å². The summed E-state index contributed by atoms with van der Waals surface area (Å²) in [6, 6.07) is 7.34. The minimum Gasteiger partial charge on any atom is -0.481 e. The van der Waals surface area contributed by atoms with Crippen LogP contribution in [0.15, 0.2) is 28.8 Å². The highest BCUT2D eigenvalue weighted by atomic mass is 35.5. The minimum atomic E-state index is -0.640. The third-order valence-corrected chi connectivity index (χ3v) is 5.80. The lowest BCUT2D eigenvalue weighted by Crippen LogP contribution is -2.36. The molecule has 1 aromatic carbocycles.